The van der Waals surface area contributed by atoms with Gasteiger partial charge in [-0.25, -0.2) is 8.78 Å². The molecule has 2 aromatic carbocycles. The zero-order chi connectivity index (χ0) is 14.5. The first kappa shape index (κ1) is 14.9. The van der Waals surface area contributed by atoms with Crippen LogP contribution in [0, 0.1) is 17.6 Å². The highest BCUT2D eigenvalue weighted by atomic mass is 35.5. The van der Waals surface area contributed by atoms with E-state index in [1.807, 2.05) is 18.2 Å². The van der Waals surface area contributed by atoms with Gasteiger partial charge >= 0.3 is 0 Å². The van der Waals surface area contributed by atoms with Crippen molar-refractivity contribution in [1.29, 1.82) is 0 Å². The van der Waals surface area contributed by atoms with E-state index in [0.717, 1.165) is 11.6 Å². The summed E-state index contributed by atoms with van der Waals surface area (Å²) >= 11 is 5.94. The standard InChI is InChI=1S/C16H16ClF2N/c17-14-5-1-3-11(9-14)7-12(10-20)8-13-4-2-6-15(18)16(13)19/h1-6,9,12H,7-8,10,20H2. The van der Waals surface area contributed by atoms with E-state index in [1.54, 1.807) is 12.1 Å². The summed E-state index contributed by atoms with van der Waals surface area (Å²) in [4.78, 5) is 0. The van der Waals surface area contributed by atoms with Crippen molar-refractivity contribution in [3.05, 3.63) is 70.2 Å². The molecule has 0 heterocycles. The topological polar surface area (TPSA) is 26.0 Å². The van der Waals surface area contributed by atoms with Gasteiger partial charge in [-0.05, 0) is 54.6 Å². The fourth-order valence-corrected chi connectivity index (χ4v) is 2.47. The molecule has 20 heavy (non-hydrogen) atoms. The van der Waals surface area contributed by atoms with Gasteiger partial charge in [0.15, 0.2) is 11.6 Å². The molecular formula is C16H16ClF2N. The molecule has 0 aliphatic heterocycles. The van der Waals surface area contributed by atoms with E-state index < -0.39 is 11.6 Å². The van der Waals surface area contributed by atoms with Gasteiger partial charge in [0.05, 0.1) is 0 Å². The summed E-state index contributed by atoms with van der Waals surface area (Å²) in [5, 5.41) is 0.662. The van der Waals surface area contributed by atoms with Gasteiger partial charge in [0, 0.05) is 5.02 Å². The quantitative estimate of drug-likeness (QED) is 0.887. The maximum atomic E-state index is 13.7. The molecule has 0 saturated heterocycles. The molecular weight excluding hydrogens is 280 g/mol. The molecule has 0 aliphatic rings. The van der Waals surface area contributed by atoms with Gasteiger partial charge in [0.2, 0.25) is 0 Å². The predicted octanol–water partition coefficient (Wildman–Crippen LogP) is 3.98. The van der Waals surface area contributed by atoms with Gasteiger partial charge in [-0.2, -0.15) is 0 Å². The van der Waals surface area contributed by atoms with Gasteiger partial charge in [0.1, 0.15) is 0 Å². The van der Waals surface area contributed by atoms with E-state index in [1.165, 1.54) is 6.07 Å². The van der Waals surface area contributed by atoms with Crippen molar-refractivity contribution in [3.63, 3.8) is 0 Å². The zero-order valence-corrected chi connectivity index (χ0v) is 11.7. The van der Waals surface area contributed by atoms with Crippen molar-refractivity contribution in [2.24, 2.45) is 11.7 Å². The normalized spacial score (nSPS) is 12.4. The minimum absolute atomic E-state index is 0.0461. The predicted molar refractivity (Wildman–Crippen MR) is 77.8 cm³/mol. The van der Waals surface area contributed by atoms with Crippen LogP contribution in [0.25, 0.3) is 0 Å². The number of benzene rings is 2. The Labute approximate surface area is 122 Å². The van der Waals surface area contributed by atoms with E-state index in [-0.39, 0.29) is 5.92 Å². The number of nitrogens with two attached hydrogens (primary N) is 1. The molecule has 0 spiro atoms. The largest absolute Gasteiger partial charge is 0.330 e. The summed E-state index contributed by atoms with van der Waals surface area (Å²) in [7, 11) is 0. The summed E-state index contributed by atoms with van der Waals surface area (Å²) in [5.74, 6) is -1.55. The Morgan fingerprint density at radius 2 is 1.80 bits per heavy atom. The molecule has 1 unspecified atom stereocenters. The first-order chi connectivity index (χ1) is 9.60. The van der Waals surface area contributed by atoms with Crippen molar-refractivity contribution in [1.82, 2.24) is 0 Å². The lowest BCUT2D eigenvalue weighted by Gasteiger charge is -2.15. The molecule has 0 amide bonds. The lowest BCUT2D eigenvalue weighted by molar-refractivity contribution is 0.473. The first-order valence-corrected chi connectivity index (χ1v) is 6.85. The number of hydrogen-bond acceptors (Lipinski definition) is 1. The van der Waals surface area contributed by atoms with Crippen molar-refractivity contribution < 1.29 is 8.78 Å². The van der Waals surface area contributed by atoms with Gasteiger partial charge < -0.3 is 5.73 Å². The number of rotatable bonds is 5. The van der Waals surface area contributed by atoms with E-state index in [9.17, 15) is 8.78 Å². The summed E-state index contributed by atoms with van der Waals surface area (Å²) < 4.78 is 26.9. The van der Waals surface area contributed by atoms with Crippen LogP contribution in [-0.2, 0) is 12.8 Å². The van der Waals surface area contributed by atoms with Crippen molar-refractivity contribution >= 4 is 11.6 Å². The highest BCUT2D eigenvalue weighted by Crippen LogP contribution is 2.19. The molecule has 0 aliphatic carbocycles. The van der Waals surface area contributed by atoms with Crippen LogP contribution in [0.15, 0.2) is 42.5 Å². The Kier molecular flexibility index (Phi) is 5.10. The summed E-state index contributed by atoms with van der Waals surface area (Å²) in [6.45, 7) is 0.405. The molecule has 4 heteroatoms. The molecule has 2 rings (SSSR count). The van der Waals surface area contributed by atoms with Crippen molar-refractivity contribution in [2.75, 3.05) is 6.54 Å². The van der Waals surface area contributed by atoms with Crippen molar-refractivity contribution in [2.45, 2.75) is 12.8 Å². The van der Waals surface area contributed by atoms with Crippen LogP contribution in [0.5, 0.6) is 0 Å². The summed E-state index contributed by atoms with van der Waals surface area (Å²) in [5.41, 5.74) is 7.15. The Balaban J connectivity index is 2.11. The second kappa shape index (κ2) is 6.82. The Hall–Kier alpha value is -1.45. The Bertz CT molecular complexity index is 586. The molecule has 1 atom stereocenters. The van der Waals surface area contributed by atoms with Gasteiger partial charge in [-0.15, -0.1) is 0 Å². The highest BCUT2D eigenvalue weighted by Gasteiger charge is 2.14. The van der Waals surface area contributed by atoms with Gasteiger partial charge in [-0.3, -0.25) is 0 Å². The lowest BCUT2D eigenvalue weighted by Crippen LogP contribution is -2.20. The first-order valence-electron chi connectivity index (χ1n) is 6.47. The maximum absolute atomic E-state index is 13.7. The molecule has 0 fully saturated rings. The second-order valence-electron chi connectivity index (χ2n) is 4.85. The molecule has 106 valence electrons. The van der Waals surface area contributed by atoms with Crippen LogP contribution >= 0.6 is 11.6 Å². The summed E-state index contributed by atoms with van der Waals surface area (Å²) in [6, 6.07) is 11.7. The van der Waals surface area contributed by atoms with Gasteiger partial charge in [0.25, 0.3) is 0 Å². The number of halogens is 3. The van der Waals surface area contributed by atoms with E-state index in [2.05, 4.69) is 0 Å². The fraction of sp³-hybridized carbons (Fsp3) is 0.250. The van der Waals surface area contributed by atoms with Crippen LogP contribution in [0.3, 0.4) is 0 Å². The Morgan fingerprint density at radius 1 is 1.05 bits per heavy atom. The monoisotopic (exact) mass is 295 g/mol. The number of hydrogen-bond donors (Lipinski definition) is 1. The maximum Gasteiger partial charge on any atom is 0.162 e. The van der Waals surface area contributed by atoms with Crippen LogP contribution in [0.4, 0.5) is 8.78 Å². The molecule has 0 radical (unpaired) electrons. The minimum atomic E-state index is -0.818. The molecule has 0 saturated carbocycles. The lowest BCUT2D eigenvalue weighted by atomic mass is 9.92. The SMILES string of the molecule is NCC(Cc1cccc(Cl)c1)Cc1cccc(F)c1F. The third-order valence-electron chi connectivity index (χ3n) is 3.29. The molecule has 1 nitrogen and oxygen atoms in total. The van der Waals surface area contributed by atoms with Crippen LogP contribution in [0.1, 0.15) is 11.1 Å². The average Bonchev–Trinajstić information content (AvgIpc) is 2.43. The molecule has 2 aromatic rings. The van der Waals surface area contributed by atoms with E-state index >= 15 is 0 Å². The average molecular weight is 296 g/mol. The smallest absolute Gasteiger partial charge is 0.162 e. The highest BCUT2D eigenvalue weighted by molar-refractivity contribution is 6.30. The van der Waals surface area contributed by atoms with Crippen molar-refractivity contribution in [3.8, 4) is 0 Å². The molecule has 0 aromatic heterocycles. The van der Waals surface area contributed by atoms with E-state index in [0.29, 0.717) is 30.0 Å². The molecule has 0 bridgehead atoms. The Morgan fingerprint density at radius 3 is 2.50 bits per heavy atom. The third-order valence-corrected chi connectivity index (χ3v) is 3.52. The van der Waals surface area contributed by atoms with Crippen LogP contribution in [-0.4, -0.2) is 6.54 Å². The second-order valence-corrected chi connectivity index (χ2v) is 5.29. The zero-order valence-electron chi connectivity index (χ0n) is 11.0. The third kappa shape index (κ3) is 3.78. The van der Waals surface area contributed by atoms with Gasteiger partial charge in [-0.1, -0.05) is 35.9 Å². The minimum Gasteiger partial charge on any atom is -0.330 e. The summed E-state index contributed by atoms with van der Waals surface area (Å²) in [6.07, 6.45) is 1.10. The van der Waals surface area contributed by atoms with Crippen LogP contribution < -0.4 is 5.73 Å². The fourth-order valence-electron chi connectivity index (χ4n) is 2.25. The van der Waals surface area contributed by atoms with Crippen LogP contribution in [0.2, 0.25) is 5.02 Å². The molecule has 2 N–H and O–H groups in total. The van der Waals surface area contributed by atoms with E-state index in [4.69, 9.17) is 17.3 Å².